The lowest BCUT2D eigenvalue weighted by Gasteiger charge is -2.45. The van der Waals surface area contributed by atoms with E-state index in [1.54, 1.807) is 0 Å². The topological polar surface area (TPSA) is 6.48 Å². The van der Waals surface area contributed by atoms with E-state index in [2.05, 4.69) is 219 Å². The Morgan fingerprint density at radius 1 is 0.351 bits per heavy atom. The van der Waals surface area contributed by atoms with Crippen LogP contribution in [0.15, 0.2) is 91.0 Å². The Bertz CT molecular complexity index is 2200. The third-order valence-electron chi connectivity index (χ3n) is 12.5. The average Bonchev–Trinajstić information content (AvgIpc) is 3.08. The molecule has 0 N–H and O–H groups in total. The van der Waals surface area contributed by atoms with Crippen LogP contribution in [0.4, 0.5) is 34.1 Å². The van der Waals surface area contributed by atoms with Crippen LogP contribution >= 0.6 is 0 Å². The minimum atomic E-state index is -0.0511. The summed E-state index contributed by atoms with van der Waals surface area (Å²) in [5, 5.41) is 0. The van der Waals surface area contributed by atoms with Crippen LogP contribution in [0.25, 0.3) is 0 Å². The molecule has 0 saturated heterocycles. The van der Waals surface area contributed by atoms with E-state index in [-0.39, 0.29) is 39.2 Å². The predicted octanol–water partition coefficient (Wildman–Crippen LogP) is 13.6. The zero-order valence-corrected chi connectivity index (χ0v) is 38.6. The number of nitrogens with zero attached hydrogens (tertiary/aromatic N) is 2. The van der Waals surface area contributed by atoms with Gasteiger partial charge in [0.15, 0.2) is 0 Å². The summed E-state index contributed by atoms with van der Waals surface area (Å²) in [6, 6.07) is 33.8. The Hall–Kier alpha value is -4.24. The van der Waals surface area contributed by atoms with Crippen LogP contribution in [-0.4, -0.2) is 6.71 Å². The Morgan fingerprint density at radius 3 is 0.930 bits per heavy atom. The van der Waals surface area contributed by atoms with Crippen molar-refractivity contribution in [2.45, 2.75) is 157 Å². The second-order valence-corrected chi connectivity index (χ2v) is 23.3. The van der Waals surface area contributed by atoms with Gasteiger partial charge in [-0.25, -0.2) is 0 Å². The molecule has 5 aromatic rings. The van der Waals surface area contributed by atoms with Crippen LogP contribution in [0.5, 0.6) is 0 Å². The minimum Gasteiger partial charge on any atom is -0.311 e. The lowest BCUT2D eigenvalue weighted by molar-refractivity contribution is 0.568. The van der Waals surface area contributed by atoms with E-state index < -0.39 is 0 Å². The Morgan fingerprint density at radius 2 is 0.649 bits per heavy atom. The van der Waals surface area contributed by atoms with Gasteiger partial charge >= 0.3 is 0 Å². The molecular weight excluding hydrogens is 687 g/mol. The highest BCUT2D eigenvalue weighted by molar-refractivity contribution is 7.00. The predicted molar refractivity (Wildman–Crippen MR) is 253 cm³/mol. The highest BCUT2D eigenvalue weighted by Crippen LogP contribution is 2.48. The minimum absolute atomic E-state index is 0.00749. The highest BCUT2D eigenvalue weighted by atomic mass is 15.2. The lowest BCUT2D eigenvalue weighted by Crippen LogP contribution is -2.61. The second-order valence-electron chi connectivity index (χ2n) is 23.3. The molecule has 0 unspecified atom stereocenters. The van der Waals surface area contributed by atoms with Crippen LogP contribution in [0.1, 0.15) is 159 Å². The molecule has 0 aromatic heterocycles. The monoisotopic (exact) mass is 758 g/mol. The number of fused-ring (bicyclic) bond motifs is 4. The normalized spacial score (nSPS) is 15.0. The molecule has 0 radical (unpaired) electrons. The van der Waals surface area contributed by atoms with Crippen molar-refractivity contribution < 1.29 is 1.37 Å². The quantitative estimate of drug-likeness (QED) is 0.162. The Balaban J connectivity index is 1.65. The zero-order valence-electron chi connectivity index (χ0n) is 39.6. The molecular formula is C54H69BN2. The number of hydrogen-bond donors (Lipinski definition) is 0. The summed E-state index contributed by atoms with van der Waals surface area (Å²) < 4.78 is 9.64. The van der Waals surface area contributed by atoms with Crippen molar-refractivity contribution in [2.24, 2.45) is 0 Å². The van der Waals surface area contributed by atoms with Gasteiger partial charge in [-0.3, -0.25) is 0 Å². The first kappa shape index (κ1) is 39.6. The van der Waals surface area contributed by atoms with Crippen LogP contribution in [-0.2, 0) is 32.5 Å². The van der Waals surface area contributed by atoms with Gasteiger partial charge in [0.25, 0.3) is 6.71 Å². The molecule has 0 fully saturated rings. The van der Waals surface area contributed by atoms with Crippen molar-refractivity contribution in [1.82, 2.24) is 0 Å². The van der Waals surface area contributed by atoms with Gasteiger partial charge in [-0.1, -0.05) is 167 Å². The first-order valence-corrected chi connectivity index (χ1v) is 21.3. The van der Waals surface area contributed by atoms with Gasteiger partial charge < -0.3 is 9.80 Å². The standard InChI is InChI=1S/C54H69BN2/c1-49(2,3)34-22-24-42-46(32-34)56(40-28-36(51(7,8)9)26-37(29-40)52(10,11)12)44-20-19-21-45-48(44)55(42)43-25-23-35(50(4,5)6)33-47(43)57(45)41-30-38(53(13,14)15)27-39(31-41)54(16,17)18/h19-33H,1-18H3/i19D. The number of rotatable bonds is 2. The summed E-state index contributed by atoms with van der Waals surface area (Å²) in [4.78, 5) is 5.03. The van der Waals surface area contributed by atoms with E-state index in [4.69, 9.17) is 0 Å². The van der Waals surface area contributed by atoms with Crippen molar-refractivity contribution in [3.05, 3.63) is 124 Å². The molecule has 0 atom stereocenters. The van der Waals surface area contributed by atoms with Gasteiger partial charge in [-0.2, -0.15) is 0 Å². The maximum atomic E-state index is 9.64. The first-order valence-electron chi connectivity index (χ1n) is 21.8. The van der Waals surface area contributed by atoms with Gasteiger partial charge in [-0.05, 0) is 131 Å². The molecule has 0 spiro atoms. The fourth-order valence-electron chi connectivity index (χ4n) is 8.55. The van der Waals surface area contributed by atoms with E-state index in [0.717, 1.165) is 22.7 Å². The van der Waals surface area contributed by atoms with E-state index in [1.165, 1.54) is 61.1 Å². The number of hydrogen-bond acceptors (Lipinski definition) is 2. The van der Waals surface area contributed by atoms with Crippen LogP contribution < -0.4 is 26.2 Å². The second kappa shape index (κ2) is 13.1. The van der Waals surface area contributed by atoms with E-state index in [0.29, 0.717) is 6.04 Å². The molecule has 0 saturated carbocycles. The maximum absolute atomic E-state index is 9.64. The van der Waals surface area contributed by atoms with Crippen molar-refractivity contribution >= 4 is 57.2 Å². The number of anilines is 6. The van der Waals surface area contributed by atoms with Crippen molar-refractivity contribution in [3.8, 4) is 0 Å². The summed E-state index contributed by atoms with van der Waals surface area (Å²) in [6.07, 6.45) is 0. The average molecular weight is 758 g/mol. The third kappa shape index (κ3) is 7.38. The van der Waals surface area contributed by atoms with Crippen LogP contribution in [0, 0.1) is 0 Å². The molecule has 5 aromatic carbocycles. The summed E-state index contributed by atoms with van der Waals surface area (Å²) in [6.45, 7) is 41.7. The lowest BCUT2D eigenvalue weighted by atomic mass is 9.33. The fraction of sp³-hybridized carbons (Fsp3) is 0.444. The SMILES string of the molecule is [2H]c1cc2c3c(c1)N(c1cc(C(C)(C)C)cc(C(C)(C)C)c1)c1cc(C(C)(C)C)ccc1B3c1ccc(C(C)(C)C)cc1N2c1cc(C(C)(C)C)cc(C(C)(C)C)c1. The highest BCUT2D eigenvalue weighted by Gasteiger charge is 2.44. The fourth-order valence-corrected chi connectivity index (χ4v) is 8.55. The molecule has 0 aliphatic carbocycles. The molecule has 2 nitrogen and oxygen atoms in total. The molecule has 2 heterocycles. The van der Waals surface area contributed by atoms with Crippen molar-refractivity contribution in [3.63, 3.8) is 0 Å². The van der Waals surface area contributed by atoms with Crippen molar-refractivity contribution in [2.75, 3.05) is 9.80 Å². The smallest absolute Gasteiger partial charge is 0.252 e. The Kier molecular flexibility index (Phi) is 9.12. The Labute approximate surface area is 348 Å². The van der Waals surface area contributed by atoms with E-state index >= 15 is 0 Å². The van der Waals surface area contributed by atoms with Gasteiger partial charge in [0, 0.05) is 34.1 Å². The summed E-state index contributed by atoms with van der Waals surface area (Å²) in [7, 11) is 0. The largest absolute Gasteiger partial charge is 0.311 e. The van der Waals surface area contributed by atoms with Gasteiger partial charge in [0.2, 0.25) is 0 Å². The van der Waals surface area contributed by atoms with Gasteiger partial charge in [0.1, 0.15) is 0 Å². The molecule has 0 bridgehead atoms. The summed E-state index contributed by atoms with van der Waals surface area (Å²) in [5.41, 5.74) is 18.4. The molecule has 57 heavy (non-hydrogen) atoms. The molecule has 2 aliphatic heterocycles. The van der Waals surface area contributed by atoms with Gasteiger partial charge in [-0.15, -0.1) is 0 Å². The van der Waals surface area contributed by atoms with E-state index in [9.17, 15) is 1.37 Å². The summed E-state index contributed by atoms with van der Waals surface area (Å²) in [5.74, 6) is 0. The molecule has 0 amide bonds. The van der Waals surface area contributed by atoms with E-state index in [1.807, 2.05) is 0 Å². The zero-order chi connectivity index (χ0) is 42.9. The third-order valence-corrected chi connectivity index (χ3v) is 12.5. The first-order chi connectivity index (χ1) is 26.4. The number of benzene rings is 5. The van der Waals surface area contributed by atoms with Crippen molar-refractivity contribution in [1.29, 1.82) is 0 Å². The maximum Gasteiger partial charge on any atom is 0.252 e. The van der Waals surface area contributed by atoms with Crippen LogP contribution in [0.3, 0.4) is 0 Å². The molecule has 3 heteroatoms. The molecule has 298 valence electrons. The van der Waals surface area contributed by atoms with Crippen LogP contribution in [0.2, 0.25) is 0 Å². The van der Waals surface area contributed by atoms with Gasteiger partial charge in [0.05, 0.1) is 1.37 Å². The summed E-state index contributed by atoms with van der Waals surface area (Å²) >= 11 is 0. The molecule has 2 aliphatic rings. The molecule has 7 rings (SSSR count).